The van der Waals surface area contributed by atoms with E-state index in [4.69, 9.17) is 0 Å². The Morgan fingerprint density at radius 2 is 1.21 bits per heavy atom. The molecule has 0 fully saturated rings. The molecule has 42 heavy (non-hydrogen) atoms. The van der Waals surface area contributed by atoms with Crippen molar-refractivity contribution in [1.82, 2.24) is 4.57 Å². The fourth-order valence-electron chi connectivity index (χ4n) is 5.74. The van der Waals surface area contributed by atoms with Gasteiger partial charge in [-0.15, -0.1) is 0 Å². The zero-order valence-corrected chi connectivity index (χ0v) is 22.7. The highest BCUT2D eigenvalue weighted by atomic mass is 16.6. The molecule has 0 amide bonds. The number of rotatable bonds is 6. The molecule has 0 saturated heterocycles. The zero-order valence-electron chi connectivity index (χ0n) is 22.7. The molecule has 0 saturated carbocycles. The molecule has 4 heteroatoms. The summed E-state index contributed by atoms with van der Waals surface area (Å²) < 4.78 is 2.21. The van der Waals surface area contributed by atoms with E-state index in [1.165, 1.54) is 0 Å². The average molecular weight is 543 g/mol. The van der Waals surface area contributed by atoms with Gasteiger partial charge >= 0.3 is 0 Å². The summed E-state index contributed by atoms with van der Waals surface area (Å²) in [5.41, 5.74) is 9.90. The van der Waals surface area contributed by atoms with Crippen LogP contribution in [0.1, 0.15) is 16.7 Å². The van der Waals surface area contributed by atoms with Gasteiger partial charge in [0.05, 0.1) is 16.0 Å². The van der Waals surface area contributed by atoms with Gasteiger partial charge in [-0.25, -0.2) is 0 Å². The lowest BCUT2D eigenvalue weighted by Gasteiger charge is -2.13. The minimum absolute atomic E-state index is 0.0770. The van der Waals surface area contributed by atoms with E-state index in [1.807, 2.05) is 36.4 Å². The largest absolute Gasteiger partial charge is 0.309 e. The molecule has 0 aliphatic rings. The molecule has 0 unspecified atom stereocenters. The molecular formula is C38H26N2O2. The quantitative estimate of drug-likeness (QED) is 0.119. The van der Waals surface area contributed by atoms with Crippen LogP contribution in [0.15, 0.2) is 152 Å². The van der Waals surface area contributed by atoms with E-state index in [0.29, 0.717) is 0 Å². The third-order valence-corrected chi connectivity index (χ3v) is 7.72. The lowest BCUT2D eigenvalue weighted by Crippen LogP contribution is -1.96. The number of hydrogen-bond acceptors (Lipinski definition) is 2. The SMILES string of the molecule is O=[N+]([O-])c1ccc(-n2c3ccccc3c3cccc(-c4ccc(/C(=C/c5ccccc5)c5ccccc5)cc4)c32)cc1. The smallest absolute Gasteiger partial charge is 0.269 e. The molecule has 7 aromatic rings. The van der Waals surface area contributed by atoms with Crippen LogP contribution in [0.4, 0.5) is 5.69 Å². The molecule has 0 radical (unpaired) electrons. The molecule has 0 bridgehead atoms. The predicted octanol–water partition coefficient (Wildman–Crippen LogP) is 9.95. The molecule has 0 aliphatic carbocycles. The number of fused-ring (bicyclic) bond motifs is 3. The van der Waals surface area contributed by atoms with Crippen molar-refractivity contribution >= 4 is 39.1 Å². The maximum absolute atomic E-state index is 11.3. The maximum atomic E-state index is 11.3. The second kappa shape index (κ2) is 10.7. The van der Waals surface area contributed by atoms with Crippen LogP contribution in [0.25, 0.3) is 50.3 Å². The number of hydrogen-bond donors (Lipinski definition) is 0. The van der Waals surface area contributed by atoms with Gasteiger partial charge in [-0.05, 0) is 52.1 Å². The molecular weight excluding hydrogens is 516 g/mol. The normalized spacial score (nSPS) is 11.7. The summed E-state index contributed by atoms with van der Waals surface area (Å²) in [6.45, 7) is 0. The average Bonchev–Trinajstić information content (AvgIpc) is 3.39. The second-order valence-electron chi connectivity index (χ2n) is 10.2. The molecule has 6 aromatic carbocycles. The summed E-state index contributed by atoms with van der Waals surface area (Å²) >= 11 is 0. The minimum Gasteiger partial charge on any atom is -0.309 e. The van der Waals surface area contributed by atoms with Gasteiger partial charge in [0.2, 0.25) is 0 Å². The number of non-ortho nitro benzene ring substituents is 1. The number of aromatic nitrogens is 1. The molecule has 1 heterocycles. The van der Waals surface area contributed by atoms with Crippen molar-refractivity contribution in [2.24, 2.45) is 0 Å². The first kappa shape index (κ1) is 25.2. The summed E-state index contributed by atoms with van der Waals surface area (Å²) in [4.78, 5) is 11.0. The van der Waals surface area contributed by atoms with Crippen molar-refractivity contribution < 1.29 is 4.92 Å². The maximum Gasteiger partial charge on any atom is 0.269 e. The van der Waals surface area contributed by atoms with Crippen molar-refractivity contribution in [2.45, 2.75) is 0 Å². The first-order valence-electron chi connectivity index (χ1n) is 13.9. The molecule has 0 N–H and O–H groups in total. The number of nitrogens with zero attached hydrogens (tertiary/aromatic N) is 2. The van der Waals surface area contributed by atoms with Gasteiger partial charge in [-0.2, -0.15) is 0 Å². The standard InChI is InChI=1S/C38H26N2O2/c41-40(42)32-24-22-31(23-25-32)39-37-17-8-7-14-34(37)35-16-9-15-33(38(35)39)29-18-20-30(21-19-29)36(28-12-5-2-6-13-28)26-27-10-3-1-4-11-27/h1-26H/b36-26+. The summed E-state index contributed by atoms with van der Waals surface area (Å²) in [5.74, 6) is 0. The van der Waals surface area contributed by atoms with Crippen LogP contribution in [0.3, 0.4) is 0 Å². The second-order valence-corrected chi connectivity index (χ2v) is 10.2. The van der Waals surface area contributed by atoms with Crippen molar-refractivity contribution in [3.8, 4) is 16.8 Å². The van der Waals surface area contributed by atoms with Crippen LogP contribution in [-0.2, 0) is 0 Å². The van der Waals surface area contributed by atoms with E-state index in [1.54, 1.807) is 12.1 Å². The third-order valence-electron chi connectivity index (χ3n) is 7.72. The Balaban J connectivity index is 1.39. The highest BCUT2D eigenvalue weighted by molar-refractivity contribution is 6.13. The summed E-state index contributed by atoms with van der Waals surface area (Å²) in [5, 5.41) is 13.6. The summed E-state index contributed by atoms with van der Waals surface area (Å²) in [6, 6.07) is 51.1. The predicted molar refractivity (Wildman–Crippen MR) is 173 cm³/mol. The topological polar surface area (TPSA) is 48.1 Å². The highest BCUT2D eigenvalue weighted by Crippen LogP contribution is 2.39. The van der Waals surface area contributed by atoms with Crippen LogP contribution in [0, 0.1) is 10.1 Å². The van der Waals surface area contributed by atoms with E-state index in [-0.39, 0.29) is 10.6 Å². The molecule has 0 spiro atoms. The number of para-hydroxylation sites is 2. The van der Waals surface area contributed by atoms with Crippen molar-refractivity contribution in [3.05, 3.63) is 178 Å². The Bertz CT molecular complexity index is 2070. The molecule has 200 valence electrons. The molecule has 7 rings (SSSR count). The van der Waals surface area contributed by atoms with Gasteiger partial charge in [-0.1, -0.05) is 121 Å². The van der Waals surface area contributed by atoms with Crippen LogP contribution >= 0.6 is 0 Å². The minimum atomic E-state index is -0.363. The summed E-state index contributed by atoms with van der Waals surface area (Å²) in [6.07, 6.45) is 2.23. The van der Waals surface area contributed by atoms with Crippen LogP contribution < -0.4 is 0 Å². The van der Waals surface area contributed by atoms with Crippen LogP contribution in [-0.4, -0.2) is 9.49 Å². The van der Waals surface area contributed by atoms with Gasteiger partial charge in [0.25, 0.3) is 5.69 Å². The Labute approximate surface area is 243 Å². The van der Waals surface area contributed by atoms with E-state index >= 15 is 0 Å². The van der Waals surface area contributed by atoms with Gasteiger partial charge in [-0.3, -0.25) is 10.1 Å². The summed E-state index contributed by atoms with van der Waals surface area (Å²) in [7, 11) is 0. The molecule has 0 atom stereocenters. The van der Waals surface area contributed by atoms with Crippen LogP contribution in [0.5, 0.6) is 0 Å². The first-order chi connectivity index (χ1) is 20.7. The Morgan fingerprint density at radius 1 is 0.595 bits per heavy atom. The first-order valence-corrected chi connectivity index (χ1v) is 13.9. The lowest BCUT2D eigenvalue weighted by atomic mass is 9.93. The van der Waals surface area contributed by atoms with Crippen molar-refractivity contribution in [2.75, 3.05) is 0 Å². The van der Waals surface area contributed by atoms with E-state index < -0.39 is 0 Å². The van der Waals surface area contributed by atoms with Crippen molar-refractivity contribution in [3.63, 3.8) is 0 Å². The van der Waals surface area contributed by atoms with Gasteiger partial charge < -0.3 is 4.57 Å². The van der Waals surface area contributed by atoms with Crippen LogP contribution in [0.2, 0.25) is 0 Å². The van der Waals surface area contributed by atoms with E-state index in [9.17, 15) is 10.1 Å². The third kappa shape index (κ3) is 4.55. The van der Waals surface area contributed by atoms with Gasteiger partial charge in [0.15, 0.2) is 0 Å². The number of benzene rings is 6. The fourth-order valence-corrected chi connectivity index (χ4v) is 5.74. The number of nitro benzene ring substituents is 1. The Hall–Kier alpha value is -5.74. The van der Waals surface area contributed by atoms with Gasteiger partial charge in [0, 0.05) is 34.2 Å². The Morgan fingerprint density at radius 3 is 1.93 bits per heavy atom. The van der Waals surface area contributed by atoms with E-state index in [2.05, 4.69) is 114 Å². The highest BCUT2D eigenvalue weighted by Gasteiger charge is 2.17. The number of nitro groups is 1. The van der Waals surface area contributed by atoms with Crippen molar-refractivity contribution in [1.29, 1.82) is 0 Å². The monoisotopic (exact) mass is 542 g/mol. The van der Waals surface area contributed by atoms with E-state index in [0.717, 1.165) is 60.9 Å². The lowest BCUT2D eigenvalue weighted by molar-refractivity contribution is -0.384. The fraction of sp³-hybridized carbons (Fsp3) is 0. The molecule has 1 aromatic heterocycles. The molecule has 0 aliphatic heterocycles. The zero-order chi connectivity index (χ0) is 28.5. The molecule has 4 nitrogen and oxygen atoms in total. The Kier molecular flexibility index (Phi) is 6.42. The van der Waals surface area contributed by atoms with Gasteiger partial charge in [0.1, 0.15) is 0 Å².